The van der Waals surface area contributed by atoms with E-state index in [0.29, 0.717) is 24.2 Å². The molecule has 0 atom stereocenters. The highest BCUT2D eigenvalue weighted by molar-refractivity contribution is 7.16. The zero-order valence-electron chi connectivity index (χ0n) is 11.2. The van der Waals surface area contributed by atoms with Crippen molar-refractivity contribution in [3.05, 3.63) is 17.3 Å². The van der Waals surface area contributed by atoms with Gasteiger partial charge in [-0.05, 0) is 30.2 Å². The summed E-state index contributed by atoms with van der Waals surface area (Å²) in [6, 6.07) is 1.96. The standard InChI is InChI=1S/C13H18N4O2S/c14-17-12-10-3-6-20-13(10)16-11(15-12)8-19-7-9-1-4-18-5-2-9/h3,6,9H,1-2,4-5,7-8,14H2,(H,15,16,17). The molecule has 7 heteroatoms. The Hall–Kier alpha value is -1.28. The second kappa shape index (κ2) is 6.45. The minimum atomic E-state index is 0.417. The van der Waals surface area contributed by atoms with Gasteiger partial charge in [-0.3, -0.25) is 0 Å². The molecule has 1 aliphatic heterocycles. The van der Waals surface area contributed by atoms with Crippen molar-refractivity contribution < 1.29 is 9.47 Å². The summed E-state index contributed by atoms with van der Waals surface area (Å²) in [5.41, 5.74) is 2.62. The molecule has 0 aromatic carbocycles. The van der Waals surface area contributed by atoms with Gasteiger partial charge in [-0.15, -0.1) is 11.3 Å². The molecule has 0 radical (unpaired) electrons. The highest BCUT2D eigenvalue weighted by Crippen LogP contribution is 2.24. The predicted octanol–water partition coefficient (Wildman–Crippen LogP) is 1.92. The van der Waals surface area contributed by atoms with Crippen LogP contribution in [0.5, 0.6) is 0 Å². The van der Waals surface area contributed by atoms with Crippen LogP contribution in [0, 0.1) is 5.92 Å². The van der Waals surface area contributed by atoms with Gasteiger partial charge in [-0.25, -0.2) is 15.8 Å². The van der Waals surface area contributed by atoms with E-state index in [1.807, 2.05) is 11.4 Å². The number of nitrogens with zero attached hydrogens (tertiary/aromatic N) is 2. The molecule has 0 aliphatic carbocycles. The lowest BCUT2D eigenvalue weighted by atomic mass is 10.0. The molecule has 0 bridgehead atoms. The lowest BCUT2D eigenvalue weighted by Crippen LogP contribution is -2.20. The largest absolute Gasteiger partial charge is 0.381 e. The van der Waals surface area contributed by atoms with Gasteiger partial charge >= 0.3 is 0 Å². The summed E-state index contributed by atoms with van der Waals surface area (Å²) >= 11 is 1.57. The number of hydrogen-bond acceptors (Lipinski definition) is 7. The number of aromatic nitrogens is 2. The third-order valence-corrected chi connectivity index (χ3v) is 4.24. The SMILES string of the molecule is NNc1nc(COCC2CCOCC2)nc2sccc12. The lowest BCUT2D eigenvalue weighted by molar-refractivity contribution is 0.0143. The summed E-state index contributed by atoms with van der Waals surface area (Å²) in [6.07, 6.45) is 2.14. The number of nitrogen functional groups attached to an aromatic ring is 1. The van der Waals surface area contributed by atoms with Gasteiger partial charge in [0.1, 0.15) is 11.4 Å². The Morgan fingerprint density at radius 1 is 1.40 bits per heavy atom. The summed E-state index contributed by atoms with van der Waals surface area (Å²) in [5.74, 6) is 7.40. The van der Waals surface area contributed by atoms with E-state index in [2.05, 4.69) is 15.4 Å². The molecule has 2 aromatic heterocycles. The van der Waals surface area contributed by atoms with E-state index in [1.165, 1.54) is 0 Å². The van der Waals surface area contributed by atoms with E-state index < -0.39 is 0 Å². The van der Waals surface area contributed by atoms with Crippen LogP contribution in [-0.4, -0.2) is 29.8 Å². The maximum atomic E-state index is 5.74. The van der Waals surface area contributed by atoms with E-state index >= 15 is 0 Å². The maximum Gasteiger partial charge on any atom is 0.158 e. The quantitative estimate of drug-likeness (QED) is 0.647. The van der Waals surface area contributed by atoms with Gasteiger partial charge in [0.15, 0.2) is 11.6 Å². The fourth-order valence-corrected chi connectivity index (χ4v) is 3.09. The second-order valence-corrected chi connectivity index (χ2v) is 5.74. The molecule has 1 fully saturated rings. The van der Waals surface area contributed by atoms with E-state index in [0.717, 1.165) is 42.9 Å². The molecule has 0 unspecified atom stereocenters. The normalized spacial score (nSPS) is 16.6. The summed E-state index contributed by atoms with van der Waals surface area (Å²) in [5, 5.41) is 2.93. The van der Waals surface area contributed by atoms with Gasteiger partial charge in [-0.2, -0.15) is 0 Å². The van der Waals surface area contributed by atoms with Crippen molar-refractivity contribution in [2.45, 2.75) is 19.4 Å². The first-order valence-electron chi connectivity index (χ1n) is 6.73. The van der Waals surface area contributed by atoms with Gasteiger partial charge in [0.25, 0.3) is 0 Å². The summed E-state index contributed by atoms with van der Waals surface area (Å²) in [7, 11) is 0. The van der Waals surface area contributed by atoms with Crippen LogP contribution in [0.4, 0.5) is 5.82 Å². The molecule has 108 valence electrons. The molecular formula is C13H18N4O2S. The molecule has 0 spiro atoms. The zero-order valence-corrected chi connectivity index (χ0v) is 12.0. The van der Waals surface area contributed by atoms with Crippen LogP contribution in [-0.2, 0) is 16.1 Å². The van der Waals surface area contributed by atoms with Crippen molar-refractivity contribution in [1.82, 2.24) is 9.97 Å². The minimum absolute atomic E-state index is 0.417. The van der Waals surface area contributed by atoms with Gasteiger partial charge in [-0.1, -0.05) is 0 Å². The van der Waals surface area contributed by atoms with E-state index in [9.17, 15) is 0 Å². The Bertz CT molecular complexity index is 568. The number of ether oxygens (including phenoxy) is 2. The highest BCUT2D eigenvalue weighted by Gasteiger charge is 2.14. The summed E-state index contributed by atoms with van der Waals surface area (Å²) in [6.45, 7) is 2.83. The Kier molecular flexibility index (Phi) is 4.41. The number of hydrazine groups is 1. The molecule has 3 heterocycles. The number of anilines is 1. The molecular weight excluding hydrogens is 276 g/mol. The third-order valence-electron chi connectivity index (χ3n) is 3.43. The smallest absolute Gasteiger partial charge is 0.158 e. The monoisotopic (exact) mass is 294 g/mol. The number of thiophene rings is 1. The first-order chi connectivity index (χ1) is 9.86. The van der Waals surface area contributed by atoms with Gasteiger partial charge in [0.2, 0.25) is 0 Å². The van der Waals surface area contributed by atoms with Crippen molar-refractivity contribution in [1.29, 1.82) is 0 Å². The van der Waals surface area contributed by atoms with Gasteiger partial charge < -0.3 is 14.9 Å². The van der Waals surface area contributed by atoms with Crippen molar-refractivity contribution >= 4 is 27.4 Å². The second-order valence-electron chi connectivity index (χ2n) is 4.84. The number of hydrogen-bond donors (Lipinski definition) is 2. The molecule has 3 rings (SSSR count). The van der Waals surface area contributed by atoms with Crippen LogP contribution < -0.4 is 11.3 Å². The van der Waals surface area contributed by atoms with Gasteiger partial charge in [0, 0.05) is 13.2 Å². The average molecular weight is 294 g/mol. The topological polar surface area (TPSA) is 82.3 Å². The highest BCUT2D eigenvalue weighted by atomic mass is 32.1. The first kappa shape index (κ1) is 13.7. The van der Waals surface area contributed by atoms with Crippen molar-refractivity contribution in [2.75, 3.05) is 25.2 Å². The number of rotatable bonds is 5. The zero-order chi connectivity index (χ0) is 13.8. The molecule has 0 amide bonds. The number of nitrogens with one attached hydrogen (secondary N) is 1. The fraction of sp³-hybridized carbons (Fsp3) is 0.538. The molecule has 1 aliphatic rings. The minimum Gasteiger partial charge on any atom is -0.381 e. The first-order valence-corrected chi connectivity index (χ1v) is 7.61. The lowest BCUT2D eigenvalue weighted by Gasteiger charge is -2.21. The predicted molar refractivity (Wildman–Crippen MR) is 78.4 cm³/mol. The molecule has 0 saturated carbocycles. The van der Waals surface area contributed by atoms with Gasteiger partial charge in [0.05, 0.1) is 12.0 Å². The number of fused-ring (bicyclic) bond motifs is 1. The van der Waals surface area contributed by atoms with Crippen LogP contribution in [0.3, 0.4) is 0 Å². The van der Waals surface area contributed by atoms with E-state index in [1.54, 1.807) is 11.3 Å². The van der Waals surface area contributed by atoms with E-state index in [4.69, 9.17) is 15.3 Å². The molecule has 1 saturated heterocycles. The van der Waals surface area contributed by atoms with Crippen molar-refractivity contribution in [2.24, 2.45) is 11.8 Å². The molecule has 20 heavy (non-hydrogen) atoms. The summed E-state index contributed by atoms with van der Waals surface area (Å²) in [4.78, 5) is 9.80. The third kappa shape index (κ3) is 3.06. The van der Waals surface area contributed by atoms with Crippen molar-refractivity contribution in [3.63, 3.8) is 0 Å². The number of nitrogens with two attached hydrogens (primary N) is 1. The van der Waals surface area contributed by atoms with Crippen LogP contribution in [0.1, 0.15) is 18.7 Å². The molecule has 2 aromatic rings. The average Bonchev–Trinajstić information content (AvgIpc) is 2.96. The summed E-state index contributed by atoms with van der Waals surface area (Å²) < 4.78 is 11.1. The van der Waals surface area contributed by atoms with Crippen LogP contribution >= 0.6 is 11.3 Å². The van der Waals surface area contributed by atoms with Crippen LogP contribution in [0.25, 0.3) is 10.2 Å². The van der Waals surface area contributed by atoms with Crippen LogP contribution in [0.2, 0.25) is 0 Å². The molecule has 6 nitrogen and oxygen atoms in total. The maximum absolute atomic E-state index is 5.74. The Balaban J connectivity index is 1.62. The Labute approximate surface area is 121 Å². The van der Waals surface area contributed by atoms with E-state index in [-0.39, 0.29) is 0 Å². The van der Waals surface area contributed by atoms with Crippen molar-refractivity contribution in [3.8, 4) is 0 Å². The van der Waals surface area contributed by atoms with Crippen LogP contribution in [0.15, 0.2) is 11.4 Å². The molecule has 3 N–H and O–H groups in total. The Morgan fingerprint density at radius 2 is 2.25 bits per heavy atom. The Morgan fingerprint density at radius 3 is 3.05 bits per heavy atom. The fourth-order valence-electron chi connectivity index (χ4n) is 2.30.